The lowest BCUT2D eigenvalue weighted by Gasteiger charge is -2.17. The van der Waals surface area contributed by atoms with E-state index >= 15 is 0 Å². The van der Waals surface area contributed by atoms with Gasteiger partial charge in [0.05, 0.1) is 13.0 Å². The van der Waals surface area contributed by atoms with Crippen LogP contribution in [0.1, 0.15) is 12.0 Å². The van der Waals surface area contributed by atoms with Crippen molar-refractivity contribution < 1.29 is 18.7 Å². The molecular formula is C19H19FN2O3. The third-order valence-corrected chi connectivity index (χ3v) is 4.24. The lowest BCUT2D eigenvalue weighted by molar-refractivity contribution is -0.128. The van der Waals surface area contributed by atoms with Crippen molar-refractivity contribution in [2.75, 3.05) is 19.0 Å². The van der Waals surface area contributed by atoms with Gasteiger partial charge in [-0.05, 0) is 18.2 Å². The van der Waals surface area contributed by atoms with Crippen molar-refractivity contribution in [1.82, 2.24) is 4.90 Å². The second-order valence-electron chi connectivity index (χ2n) is 5.99. The fourth-order valence-corrected chi connectivity index (χ4v) is 2.88. The summed E-state index contributed by atoms with van der Waals surface area (Å²) in [4.78, 5) is 26.1. The summed E-state index contributed by atoms with van der Waals surface area (Å²) in [7, 11) is 1.55. The Hall–Kier alpha value is -2.89. The van der Waals surface area contributed by atoms with Gasteiger partial charge in [0.25, 0.3) is 0 Å². The Kier molecular flexibility index (Phi) is 4.97. The molecule has 130 valence electrons. The quantitative estimate of drug-likeness (QED) is 0.909. The number of anilines is 1. The van der Waals surface area contributed by atoms with E-state index in [1.165, 1.54) is 11.0 Å². The maximum atomic E-state index is 13.8. The number of carbonyl (C=O) groups is 2. The average Bonchev–Trinajstić information content (AvgIpc) is 2.98. The predicted octanol–water partition coefficient (Wildman–Crippen LogP) is 2.82. The van der Waals surface area contributed by atoms with Crippen LogP contribution in [0, 0.1) is 11.7 Å². The van der Waals surface area contributed by atoms with E-state index in [4.69, 9.17) is 4.74 Å². The van der Waals surface area contributed by atoms with E-state index in [0.717, 1.165) is 0 Å². The van der Waals surface area contributed by atoms with Crippen molar-refractivity contribution in [3.63, 3.8) is 0 Å². The molecule has 1 saturated heterocycles. The first-order valence-electron chi connectivity index (χ1n) is 8.03. The third-order valence-electron chi connectivity index (χ3n) is 4.24. The predicted molar refractivity (Wildman–Crippen MR) is 91.5 cm³/mol. The van der Waals surface area contributed by atoms with Gasteiger partial charge in [-0.25, -0.2) is 4.39 Å². The second kappa shape index (κ2) is 7.34. The highest BCUT2D eigenvalue weighted by Crippen LogP contribution is 2.24. The normalized spacial score (nSPS) is 16.8. The smallest absolute Gasteiger partial charge is 0.229 e. The number of likely N-dealkylation sites (tertiary alicyclic amines) is 1. The molecule has 0 saturated carbocycles. The molecule has 0 spiro atoms. The van der Waals surface area contributed by atoms with Gasteiger partial charge < -0.3 is 15.0 Å². The van der Waals surface area contributed by atoms with Gasteiger partial charge in [0.15, 0.2) is 0 Å². The van der Waals surface area contributed by atoms with Gasteiger partial charge >= 0.3 is 0 Å². The standard InChI is InChI=1S/C19H19FN2O3/c1-25-16-7-4-6-15(10-16)21-19(24)14-9-18(23)22(12-14)11-13-5-2-3-8-17(13)20/h2-8,10,14H,9,11-12H2,1H3,(H,21,24). The van der Waals surface area contributed by atoms with Crippen LogP contribution in [0.3, 0.4) is 0 Å². The molecule has 0 radical (unpaired) electrons. The molecule has 1 N–H and O–H groups in total. The van der Waals surface area contributed by atoms with E-state index in [2.05, 4.69) is 5.32 Å². The Morgan fingerprint density at radius 3 is 2.84 bits per heavy atom. The summed E-state index contributed by atoms with van der Waals surface area (Å²) in [5.41, 5.74) is 1.06. The van der Waals surface area contributed by atoms with E-state index in [0.29, 0.717) is 17.0 Å². The average molecular weight is 342 g/mol. The van der Waals surface area contributed by atoms with Gasteiger partial charge in [-0.3, -0.25) is 9.59 Å². The molecule has 0 aromatic heterocycles. The molecule has 1 fully saturated rings. The molecule has 2 aromatic rings. The van der Waals surface area contributed by atoms with Gasteiger partial charge in [0, 0.05) is 36.8 Å². The van der Waals surface area contributed by atoms with Crippen LogP contribution in [0.25, 0.3) is 0 Å². The molecule has 5 nitrogen and oxygen atoms in total. The number of benzene rings is 2. The molecule has 1 unspecified atom stereocenters. The van der Waals surface area contributed by atoms with Gasteiger partial charge in [0.1, 0.15) is 11.6 Å². The minimum absolute atomic E-state index is 0.129. The van der Waals surface area contributed by atoms with Crippen molar-refractivity contribution in [1.29, 1.82) is 0 Å². The topological polar surface area (TPSA) is 58.6 Å². The number of nitrogens with one attached hydrogen (secondary N) is 1. The molecule has 1 atom stereocenters. The number of nitrogens with zero attached hydrogens (tertiary/aromatic N) is 1. The fourth-order valence-electron chi connectivity index (χ4n) is 2.88. The number of rotatable bonds is 5. The highest BCUT2D eigenvalue weighted by Gasteiger charge is 2.34. The van der Waals surface area contributed by atoms with Crippen molar-refractivity contribution in [2.24, 2.45) is 5.92 Å². The first-order chi connectivity index (χ1) is 12.1. The summed E-state index contributed by atoms with van der Waals surface area (Å²) >= 11 is 0. The van der Waals surface area contributed by atoms with Crippen LogP contribution >= 0.6 is 0 Å². The molecule has 2 aromatic carbocycles. The summed E-state index contributed by atoms with van der Waals surface area (Å²) < 4.78 is 18.9. The van der Waals surface area contributed by atoms with Crippen LogP contribution in [-0.4, -0.2) is 30.4 Å². The Morgan fingerprint density at radius 1 is 1.28 bits per heavy atom. The van der Waals surface area contributed by atoms with E-state index in [9.17, 15) is 14.0 Å². The van der Waals surface area contributed by atoms with Crippen LogP contribution in [0.4, 0.5) is 10.1 Å². The molecule has 3 rings (SSSR count). The number of hydrogen-bond acceptors (Lipinski definition) is 3. The molecule has 6 heteroatoms. The zero-order chi connectivity index (χ0) is 17.8. The Morgan fingerprint density at radius 2 is 2.08 bits per heavy atom. The van der Waals surface area contributed by atoms with Gasteiger partial charge in [-0.15, -0.1) is 0 Å². The summed E-state index contributed by atoms with van der Waals surface area (Å²) in [5, 5.41) is 2.80. The highest BCUT2D eigenvalue weighted by molar-refractivity contribution is 5.97. The maximum Gasteiger partial charge on any atom is 0.229 e. The first kappa shape index (κ1) is 17.0. The zero-order valence-electron chi connectivity index (χ0n) is 13.9. The number of amides is 2. The number of hydrogen-bond donors (Lipinski definition) is 1. The van der Waals surface area contributed by atoms with Crippen molar-refractivity contribution >= 4 is 17.5 Å². The number of methoxy groups -OCH3 is 1. The lowest BCUT2D eigenvalue weighted by atomic mass is 10.1. The largest absolute Gasteiger partial charge is 0.497 e. The van der Waals surface area contributed by atoms with Crippen molar-refractivity contribution in [2.45, 2.75) is 13.0 Å². The summed E-state index contributed by atoms with van der Waals surface area (Å²) in [6.45, 7) is 0.456. The van der Waals surface area contributed by atoms with Crippen LogP contribution in [0.5, 0.6) is 5.75 Å². The Bertz CT molecular complexity index is 794. The molecule has 25 heavy (non-hydrogen) atoms. The van der Waals surface area contributed by atoms with Gasteiger partial charge in [-0.1, -0.05) is 24.3 Å². The lowest BCUT2D eigenvalue weighted by Crippen LogP contribution is -2.28. The minimum Gasteiger partial charge on any atom is -0.497 e. The van der Waals surface area contributed by atoms with Crippen molar-refractivity contribution in [3.05, 3.63) is 59.9 Å². The van der Waals surface area contributed by atoms with E-state index in [1.807, 2.05) is 0 Å². The van der Waals surface area contributed by atoms with E-state index in [-0.39, 0.29) is 37.1 Å². The number of carbonyl (C=O) groups excluding carboxylic acids is 2. The van der Waals surface area contributed by atoms with E-state index in [1.54, 1.807) is 49.6 Å². The Balaban J connectivity index is 1.63. The minimum atomic E-state index is -0.453. The SMILES string of the molecule is COc1cccc(NC(=O)C2CC(=O)N(Cc3ccccc3F)C2)c1. The van der Waals surface area contributed by atoms with Crippen LogP contribution < -0.4 is 10.1 Å². The molecule has 2 amide bonds. The monoisotopic (exact) mass is 342 g/mol. The number of halogens is 1. The van der Waals surface area contributed by atoms with Crippen LogP contribution in [-0.2, 0) is 16.1 Å². The molecular weight excluding hydrogens is 323 g/mol. The van der Waals surface area contributed by atoms with Gasteiger partial charge in [-0.2, -0.15) is 0 Å². The maximum absolute atomic E-state index is 13.8. The molecule has 1 aliphatic rings. The molecule has 1 heterocycles. The summed E-state index contributed by atoms with van der Waals surface area (Å²) in [6.07, 6.45) is 0.129. The molecule has 0 bridgehead atoms. The van der Waals surface area contributed by atoms with E-state index < -0.39 is 5.92 Å². The molecule has 1 aliphatic heterocycles. The van der Waals surface area contributed by atoms with Crippen LogP contribution in [0.2, 0.25) is 0 Å². The number of ether oxygens (including phenoxy) is 1. The zero-order valence-corrected chi connectivity index (χ0v) is 13.9. The third kappa shape index (κ3) is 3.96. The fraction of sp³-hybridized carbons (Fsp3) is 0.263. The summed E-state index contributed by atoms with van der Waals surface area (Å²) in [5.74, 6) is -0.529. The van der Waals surface area contributed by atoms with Crippen molar-refractivity contribution in [3.8, 4) is 5.75 Å². The first-order valence-corrected chi connectivity index (χ1v) is 8.03. The highest BCUT2D eigenvalue weighted by atomic mass is 19.1. The Labute approximate surface area is 145 Å². The summed E-state index contributed by atoms with van der Waals surface area (Å²) in [6, 6.07) is 13.4. The molecule has 0 aliphatic carbocycles. The second-order valence-corrected chi connectivity index (χ2v) is 5.99. The van der Waals surface area contributed by atoms with Crippen LogP contribution in [0.15, 0.2) is 48.5 Å². The van der Waals surface area contributed by atoms with Gasteiger partial charge in [0.2, 0.25) is 11.8 Å².